The molecule has 1 saturated heterocycles. The Bertz CT molecular complexity index is 462. The maximum atomic E-state index is 14.0. The number of aliphatic hydroxyl groups excluding tert-OH is 1. The fraction of sp³-hybridized carbons (Fsp3) is 0.462. The quantitative estimate of drug-likeness (QED) is 0.831. The third kappa shape index (κ3) is 2.18. The van der Waals surface area contributed by atoms with Gasteiger partial charge >= 0.3 is 0 Å². The number of nitrogens with one attached hydrogen (secondary N) is 1. The van der Waals surface area contributed by atoms with E-state index in [0.717, 1.165) is 0 Å². The summed E-state index contributed by atoms with van der Waals surface area (Å²) in [4.78, 5) is 13.3. The number of piperazine rings is 1. The molecule has 98 valence electrons. The van der Waals surface area contributed by atoms with Crippen LogP contribution in [0.2, 0.25) is 0 Å². The summed E-state index contributed by atoms with van der Waals surface area (Å²) in [7, 11) is 0. The molecule has 4 nitrogen and oxygen atoms in total. The second-order valence-corrected chi connectivity index (χ2v) is 4.51. The molecule has 2 rings (SSSR count). The lowest BCUT2D eigenvalue weighted by Gasteiger charge is -2.36. The fourth-order valence-electron chi connectivity index (χ4n) is 2.26. The Morgan fingerprint density at radius 1 is 1.56 bits per heavy atom. The molecule has 1 aliphatic heterocycles. The van der Waals surface area contributed by atoms with Gasteiger partial charge < -0.3 is 15.3 Å². The molecule has 0 radical (unpaired) electrons. The van der Waals surface area contributed by atoms with Gasteiger partial charge in [-0.2, -0.15) is 0 Å². The van der Waals surface area contributed by atoms with E-state index in [1.54, 1.807) is 30.9 Å². The second kappa shape index (κ2) is 4.94. The minimum Gasteiger partial charge on any atom is -0.389 e. The molecule has 0 bridgehead atoms. The van der Waals surface area contributed by atoms with Gasteiger partial charge in [-0.05, 0) is 19.9 Å². The van der Waals surface area contributed by atoms with Crippen molar-refractivity contribution in [3.05, 3.63) is 29.6 Å². The van der Waals surface area contributed by atoms with E-state index in [4.69, 9.17) is 0 Å². The summed E-state index contributed by atoms with van der Waals surface area (Å²) < 4.78 is 14.0. The number of halogens is 1. The number of rotatable bonds is 2. The first kappa shape index (κ1) is 12.8. The van der Waals surface area contributed by atoms with Crippen LogP contribution in [-0.4, -0.2) is 30.1 Å². The monoisotopic (exact) mass is 252 g/mol. The van der Waals surface area contributed by atoms with E-state index in [2.05, 4.69) is 5.32 Å². The molecule has 0 aromatic heterocycles. The third-order valence-electron chi connectivity index (χ3n) is 3.25. The van der Waals surface area contributed by atoms with Gasteiger partial charge in [0.15, 0.2) is 0 Å². The van der Waals surface area contributed by atoms with Crippen LogP contribution in [0.15, 0.2) is 18.2 Å². The van der Waals surface area contributed by atoms with Crippen molar-refractivity contribution >= 4 is 11.6 Å². The van der Waals surface area contributed by atoms with Gasteiger partial charge in [0.25, 0.3) is 0 Å². The Kier molecular flexibility index (Phi) is 3.52. The zero-order valence-corrected chi connectivity index (χ0v) is 10.5. The van der Waals surface area contributed by atoms with Crippen LogP contribution in [0.1, 0.15) is 25.5 Å². The average molecular weight is 252 g/mol. The summed E-state index contributed by atoms with van der Waals surface area (Å²) in [5.41, 5.74) is 0.839. The van der Waals surface area contributed by atoms with Crippen molar-refractivity contribution in [1.82, 2.24) is 5.32 Å². The lowest BCUT2D eigenvalue weighted by atomic mass is 10.0. The van der Waals surface area contributed by atoms with E-state index < -0.39 is 18.0 Å². The molecule has 18 heavy (non-hydrogen) atoms. The topological polar surface area (TPSA) is 52.6 Å². The predicted molar refractivity (Wildman–Crippen MR) is 66.9 cm³/mol. The number of amides is 1. The normalized spacial score (nSPS) is 21.7. The average Bonchev–Trinajstić information content (AvgIpc) is 2.33. The van der Waals surface area contributed by atoms with Crippen LogP contribution in [0.3, 0.4) is 0 Å². The van der Waals surface area contributed by atoms with E-state index in [-0.39, 0.29) is 5.91 Å². The molecule has 0 saturated carbocycles. The third-order valence-corrected chi connectivity index (χ3v) is 3.25. The fourth-order valence-corrected chi connectivity index (χ4v) is 2.26. The van der Waals surface area contributed by atoms with Crippen LogP contribution in [0.5, 0.6) is 0 Å². The number of nitrogens with zero attached hydrogens (tertiary/aromatic N) is 1. The number of carbonyl (C=O) groups excluding carboxylic acids is 1. The van der Waals surface area contributed by atoms with E-state index in [0.29, 0.717) is 24.3 Å². The van der Waals surface area contributed by atoms with Crippen LogP contribution < -0.4 is 10.2 Å². The van der Waals surface area contributed by atoms with E-state index in [1.165, 1.54) is 6.07 Å². The van der Waals surface area contributed by atoms with Crippen molar-refractivity contribution in [1.29, 1.82) is 0 Å². The number of carbonyl (C=O) groups is 1. The zero-order chi connectivity index (χ0) is 13.3. The first-order valence-electron chi connectivity index (χ1n) is 6.03. The molecule has 2 N–H and O–H groups in total. The van der Waals surface area contributed by atoms with Crippen molar-refractivity contribution in [2.45, 2.75) is 26.0 Å². The van der Waals surface area contributed by atoms with Crippen molar-refractivity contribution in [3.8, 4) is 0 Å². The van der Waals surface area contributed by atoms with Crippen molar-refractivity contribution in [3.63, 3.8) is 0 Å². The number of hydrogen-bond donors (Lipinski definition) is 2. The standard InChI is InChI=1S/C13H17FN2O2/c1-8-13(18)15-6-7-16(8)12-10(9(2)17)4-3-5-11(12)14/h3-5,8-9,17H,6-7H2,1-2H3,(H,15,18)/t8?,9-/m0/s1. The van der Waals surface area contributed by atoms with Crippen LogP contribution in [0.4, 0.5) is 10.1 Å². The highest BCUT2D eigenvalue weighted by molar-refractivity contribution is 5.86. The lowest BCUT2D eigenvalue weighted by molar-refractivity contribution is -0.122. The first-order chi connectivity index (χ1) is 8.52. The molecule has 5 heteroatoms. The van der Waals surface area contributed by atoms with Crippen LogP contribution in [0.25, 0.3) is 0 Å². The number of aliphatic hydroxyl groups is 1. The highest BCUT2D eigenvalue weighted by Gasteiger charge is 2.29. The molecule has 0 spiro atoms. The second-order valence-electron chi connectivity index (χ2n) is 4.51. The van der Waals surface area contributed by atoms with Gasteiger partial charge in [-0.25, -0.2) is 4.39 Å². The summed E-state index contributed by atoms with van der Waals surface area (Å²) in [5.74, 6) is -0.531. The summed E-state index contributed by atoms with van der Waals surface area (Å²) in [6.07, 6.45) is -0.770. The first-order valence-corrected chi connectivity index (χ1v) is 6.03. The Morgan fingerprint density at radius 3 is 2.94 bits per heavy atom. The summed E-state index contributed by atoms with van der Waals surface area (Å²) in [5, 5.41) is 12.5. The Hall–Kier alpha value is -1.62. The number of anilines is 1. The molecular formula is C13H17FN2O2. The van der Waals surface area contributed by atoms with E-state index in [9.17, 15) is 14.3 Å². The van der Waals surface area contributed by atoms with Gasteiger partial charge in [-0.3, -0.25) is 4.79 Å². The molecule has 0 aliphatic carbocycles. The number of para-hydroxylation sites is 1. The molecular weight excluding hydrogens is 235 g/mol. The molecule has 1 amide bonds. The Labute approximate surface area is 105 Å². The van der Waals surface area contributed by atoms with Crippen molar-refractivity contribution < 1.29 is 14.3 Å². The van der Waals surface area contributed by atoms with E-state index in [1.807, 2.05) is 0 Å². The maximum absolute atomic E-state index is 14.0. The molecule has 1 heterocycles. The largest absolute Gasteiger partial charge is 0.389 e. The Morgan fingerprint density at radius 2 is 2.28 bits per heavy atom. The van der Waals surface area contributed by atoms with Crippen LogP contribution >= 0.6 is 0 Å². The number of benzene rings is 1. The van der Waals surface area contributed by atoms with Gasteiger partial charge in [0.05, 0.1) is 11.8 Å². The summed E-state index contributed by atoms with van der Waals surface area (Å²) in [6.45, 7) is 4.34. The Balaban J connectivity index is 2.46. The zero-order valence-electron chi connectivity index (χ0n) is 10.5. The van der Waals surface area contributed by atoms with E-state index >= 15 is 0 Å². The summed E-state index contributed by atoms with van der Waals surface area (Å²) in [6, 6.07) is 4.16. The molecule has 1 aliphatic rings. The minimum atomic E-state index is -0.770. The molecule has 1 aromatic carbocycles. The van der Waals surface area contributed by atoms with Crippen molar-refractivity contribution in [2.24, 2.45) is 0 Å². The molecule has 1 unspecified atom stereocenters. The van der Waals surface area contributed by atoms with Gasteiger partial charge in [-0.1, -0.05) is 12.1 Å². The number of hydrogen-bond acceptors (Lipinski definition) is 3. The predicted octanol–water partition coefficient (Wildman–Crippen LogP) is 1.20. The SMILES string of the molecule is CC1C(=O)NCCN1c1c(F)cccc1[C@H](C)O. The highest BCUT2D eigenvalue weighted by atomic mass is 19.1. The highest BCUT2D eigenvalue weighted by Crippen LogP contribution is 2.31. The molecule has 1 aromatic rings. The van der Waals surface area contributed by atoms with Gasteiger partial charge in [-0.15, -0.1) is 0 Å². The van der Waals surface area contributed by atoms with Gasteiger partial charge in [0.1, 0.15) is 11.9 Å². The van der Waals surface area contributed by atoms with Crippen LogP contribution in [-0.2, 0) is 4.79 Å². The van der Waals surface area contributed by atoms with Gasteiger partial charge in [0.2, 0.25) is 5.91 Å². The summed E-state index contributed by atoms with van der Waals surface area (Å²) >= 11 is 0. The van der Waals surface area contributed by atoms with Gasteiger partial charge in [0, 0.05) is 18.7 Å². The van der Waals surface area contributed by atoms with Crippen molar-refractivity contribution in [2.75, 3.05) is 18.0 Å². The molecule has 2 atom stereocenters. The lowest BCUT2D eigenvalue weighted by Crippen LogP contribution is -2.54. The minimum absolute atomic E-state index is 0.124. The molecule has 1 fully saturated rings. The maximum Gasteiger partial charge on any atom is 0.242 e. The van der Waals surface area contributed by atoms with Crippen LogP contribution in [0, 0.1) is 5.82 Å². The smallest absolute Gasteiger partial charge is 0.242 e.